The molecule has 1 amide bonds. The Morgan fingerprint density at radius 1 is 1.27 bits per heavy atom. The molecule has 1 aliphatic carbocycles. The highest BCUT2D eigenvalue weighted by atomic mass is 16.7. The van der Waals surface area contributed by atoms with E-state index in [2.05, 4.69) is 21.4 Å². The summed E-state index contributed by atoms with van der Waals surface area (Å²) in [5.41, 5.74) is 19.7. The van der Waals surface area contributed by atoms with Gasteiger partial charge in [-0.3, -0.25) is 9.79 Å². The largest absolute Gasteiger partial charge is 0.468 e. The van der Waals surface area contributed by atoms with Gasteiger partial charge in [0.25, 0.3) is 0 Å². The van der Waals surface area contributed by atoms with E-state index in [4.69, 9.17) is 46.4 Å². The Balaban J connectivity index is 0.000000792. The number of nitrogens with two attached hydrogens (primary N) is 4. The van der Waals surface area contributed by atoms with E-state index in [1.807, 2.05) is 6.08 Å². The molecule has 0 aromatic carbocycles. The standard InChI is InChI=1S/C22H39N3O9.C5H13N3O.CH5N/c1-22(30)9-16(28)21(31-11-22)34-20-15(25-12-27)8-14(23)19(18(20)29)33-17-5-2-4-13(32-17)10-24-6-3-7-26;1-4(9)2-3-8-5(6)7;1-2/h4,12,14-21,24,26,28-30H,2-3,5-11,23H2,1H3,(H,25,27);4,9H,2-3H2,1H3,(H4,6,7,8);2H2,1H3/t14?,15?,16?,17-,18?,19-,20+,21?,22-;;/m1../s1. The number of nitrogens with one attached hydrogen (secondary N) is 2. The van der Waals surface area contributed by atoms with Crippen molar-refractivity contribution in [1.82, 2.24) is 10.6 Å². The topological polar surface area (TPSA) is 296 Å². The van der Waals surface area contributed by atoms with Crippen LogP contribution < -0.4 is 33.6 Å². The summed E-state index contributed by atoms with van der Waals surface area (Å²) >= 11 is 0. The van der Waals surface area contributed by atoms with Crippen LogP contribution >= 0.6 is 0 Å². The van der Waals surface area contributed by atoms with E-state index in [-0.39, 0.29) is 38.1 Å². The molecule has 17 heteroatoms. The van der Waals surface area contributed by atoms with Gasteiger partial charge in [-0.25, -0.2) is 0 Å². The normalized spacial score (nSPS) is 33.5. The zero-order valence-electron chi connectivity index (χ0n) is 26.7. The van der Waals surface area contributed by atoms with Gasteiger partial charge in [-0.1, -0.05) is 0 Å². The number of aliphatic hydroxyl groups is 5. The molecule has 0 aromatic heterocycles. The summed E-state index contributed by atoms with van der Waals surface area (Å²) in [6.07, 6.45) is -0.829. The molecule has 6 unspecified atom stereocenters. The lowest BCUT2D eigenvalue weighted by atomic mass is 9.83. The summed E-state index contributed by atoms with van der Waals surface area (Å²) in [6.45, 7) is 4.97. The minimum absolute atomic E-state index is 0.0415. The SMILES string of the molecule is CC(O)CCN=C(N)N.CN.C[C@]1(O)COC(O[C@H]2C(NC=O)CC(N)[C@@H](O[C@@H]3CCC=C(CNCCCO)O3)C2O)C(O)C1. The number of carbonyl (C=O) groups is 1. The van der Waals surface area contributed by atoms with Crippen LogP contribution in [-0.4, -0.2) is 139 Å². The molecule has 2 heterocycles. The van der Waals surface area contributed by atoms with Gasteiger partial charge in [-0.05, 0) is 59.2 Å². The summed E-state index contributed by atoms with van der Waals surface area (Å²) < 4.78 is 23.4. The number of aliphatic imine (C=N–C) groups is 1. The van der Waals surface area contributed by atoms with Gasteiger partial charge >= 0.3 is 0 Å². The zero-order valence-corrected chi connectivity index (χ0v) is 26.7. The van der Waals surface area contributed by atoms with E-state index >= 15 is 0 Å². The molecule has 0 radical (unpaired) electrons. The van der Waals surface area contributed by atoms with Gasteiger partial charge < -0.3 is 78.0 Å². The molecule has 264 valence electrons. The molecule has 0 bridgehead atoms. The second kappa shape index (κ2) is 21.6. The Morgan fingerprint density at radius 3 is 2.58 bits per heavy atom. The lowest BCUT2D eigenvalue weighted by molar-refractivity contribution is -0.296. The van der Waals surface area contributed by atoms with Gasteiger partial charge in [0.15, 0.2) is 18.5 Å². The quantitative estimate of drug-likeness (QED) is 0.0374. The van der Waals surface area contributed by atoms with Gasteiger partial charge in [0.05, 0.1) is 30.9 Å². The Morgan fingerprint density at radius 2 is 1.98 bits per heavy atom. The number of hydrogen-bond donors (Lipinski definition) is 11. The van der Waals surface area contributed by atoms with Gasteiger partial charge in [0, 0.05) is 32.0 Å². The van der Waals surface area contributed by atoms with E-state index < -0.39 is 54.7 Å². The molecule has 1 saturated carbocycles. The molecule has 2 fully saturated rings. The van der Waals surface area contributed by atoms with Gasteiger partial charge in [0.2, 0.25) is 6.41 Å². The molecule has 1 saturated heterocycles. The summed E-state index contributed by atoms with van der Waals surface area (Å²) in [7, 11) is 1.50. The maximum atomic E-state index is 11.2. The highest BCUT2D eigenvalue weighted by molar-refractivity contribution is 5.75. The minimum atomic E-state index is -1.24. The lowest BCUT2D eigenvalue weighted by Crippen LogP contribution is -2.65. The molecular formula is C28H57N7O10. The third-order valence-electron chi connectivity index (χ3n) is 7.13. The highest BCUT2D eigenvalue weighted by Crippen LogP contribution is 2.31. The van der Waals surface area contributed by atoms with E-state index in [0.717, 1.165) is 6.42 Å². The Kier molecular flexibility index (Phi) is 19.6. The van der Waals surface area contributed by atoms with E-state index in [0.29, 0.717) is 51.1 Å². The molecule has 45 heavy (non-hydrogen) atoms. The minimum Gasteiger partial charge on any atom is -0.468 e. The van der Waals surface area contributed by atoms with Crippen molar-refractivity contribution in [3.8, 4) is 0 Å². The van der Waals surface area contributed by atoms with E-state index in [9.17, 15) is 20.1 Å². The molecule has 0 aromatic rings. The molecular weight excluding hydrogens is 594 g/mol. The molecule has 0 spiro atoms. The fraction of sp³-hybridized carbons (Fsp3) is 0.857. The van der Waals surface area contributed by atoms with Crippen molar-refractivity contribution >= 4 is 12.4 Å². The number of allylic oxidation sites excluding steroid dienone is 1. The lowest BCUT2D eigenvalue weighted by Gasteiger charge is -2.46. The summed E-state index contributed by atoms with van der Waals surface area (Å²) in [5, 5.41) is 55.0. The predicted molar refractivity (Wildman–Crippen MR) is 166 cm³/mol. The Bertz CT molecular complexity index is 879. The fourth-order valence-electron chi connectivity index (χ4n) is 4.95. The van der Waals surface area contributed by atoms with Crippen molar-refractivity contribution in [1.29, 1.82) is 0 Å². The monoisotopic (exact) mass is 651 g/mol. The molecule has 2 aliphatic heterocycles. The van der Waals surface area contributed by atoms with Crippen molar-refractivity contribution < 1.29 is 49.3 Å². The van der Waals surface area contributed by atoms with Crippen LogP contribution in [-0.2, 0) is 23.7 Å². The van der Waals surface area contributed by atoms with Crippen molar-refractivity contribution in [3.63, 3.8) is 0 Å². The molecule has 17 nitrogen and oxygen atoms in total. The van der Waals surface area contributed by atoms with E-state index in [1.165, 1.54) is 7.05 Å². The van der Waals surface area contributed by atoms with Crippen LogP contribution in [0, 0.1) is 0 Å². The second-order valence-corrected chi connectivity index (χ2v) is 11.4. The summed E-state index contributed by atoms with van der Waals surface area (Å²) in [5.74, 6) is 0.794. The van der Waals surface area contributed by atoms with Crippen LogP contribution in [0.25, 0.3) is 0 Å². The van der Waals surface area contributed by atoms with Crippen molar-refractivity contribution in [2.24, 2.45) is 27.9 Å². The van der Waals surface area contributed by atoms with Crippen LogP contribution in [0.15, 0.2) is 16.8 Å². The Labute approximate surface area is 265 Å². The first-order valence-electron chi connectivity index (χ1n) is 15.3. The van der Waals surface area contributed by atoms with Crippen molar-refractivity contribution in [2.45, 2.75) is 113 Å². The first-order chi connectivity index (χ1) is 21.4. The van der Waals surface area contributed by atoms with Crippen LogP contribution in [0.5, 0.6) is 0 Å². The van der Waals surface area contributed by atoms with Gasteiger partial charge in [-0.15, -0.1) is 0 Å². The number of ether oxygens (including phenoxy) is 4. The average Bonchev–Trinajstić information content (AvgIpc) is 2.97. The smallest absolute Gasteiger partial charge is 0.207 e. The number of nitrogens with zero attached hydrogens (tertiary/aromatic N) is 1. The van der Waals surface area contributed by atoms with Crippen LogP contribution in [0.4, 0.5) is 0 Å². The second-order valence-electron chi connectivity index (χ2n) is 11.4. The van der Waals surface area contributed by atoms with Gasteiger partial charge in [-0.2, -0.15) is 0 Å². The average molecular weight is 652 g/mol. The number of hydrogen-bond acceptors (Lipinski definition) is 14. The van der Waals surface area contributed by atoms with Crippen LogP contribution in [0.3, 0.4) is 0 Å². The number of guanidine groups is 1. The maximum Gasteiger partial charge on any atom is 0.207 e. The number of carbonyl (C=O) groups excluding carboxylic acids is 1. The fourth-order valence-corrected chi connectivity index (χ4v) is 4.95. The van der Waals surface area contributed by atoms with Crippen LogP contribution in [0.1, 0.15) is 52.4 Å². The summed E-state index contributed by atoms with van der Waals surface area (Å²) in [6, 6.07) is -1.23. The third kappa shape index (κ3) is 15.3. The number of rotatable bonds is 14. The number of aliphatic hydroxyl groups excluding tert-OH is 4. The highest BCUT2D eigenvalue weighted by Gasteiger charge is 2.48. The maximum absolute atomic E-state index is 11.2. The first kappa shape index (κ1) is 40.9. The molecule has 15 N–H and O–H groups in total. The zero-order chi connectivity index (χ0) is 34.0. The van der Waals surface area contributed by atoms with Gasteiger partial charge in [0.1, 0.15) is 30.2 Å². The predicted octanol–water partition coefficient (Wildman–Crippen LogP) is -3.58. The molecule has 3 aliphatic rings. The molecule has 10 atom stereocenters. The van der Waals surface area contributed by atoms with Crippen molar-refractivity contribution in [3.05, 3.63) is 11.8 Å². The Hall–Kier alpha value is -2.16. The first-order valence-corrected chi connectivity index (χ1v) is 15.3. The number of amides is 1. The third-order valence-corrected chi connectivity index (χ3v) is 7.13. The van der Waals surface area contributed by atoms with Crippen molar-refractivity contribution in [2.75, 3.05) is 39.9 Å². The van der Waals surface area contributed by atoms with E-state index in [1.54, 1.807) is 13.8 Å². The van der Waals surface area contributed by atoms with Crippen LogP contribution in [0.2, 0.25) is 0 Å². The molecule has 3 rings (SSSR count). The summed E-state index contributed by atoms with van der Waals surface area (Å²) in [4.78, 5) is 14.8.